The second-order valence-electron chi connectivity index (χ2n) is 4.37. The summed E-state index contributed by atoms with van der Waals surface area (Å²) in [4.78, 5) is 0. The topological polar surface area (TPSA) is 50.7 Å². The Bertz CT molecular complexity index is 526. The molecule has 20 heavy (non-hydrogen) atoms. The Morgan fingerprint density at radius 1 is 1.05 bits per heavy atom. The van der Waals surface area contributed by atoms with Crippen LogP contribution in [0.5, 0.6) is 17.2 Å². The van der Waals surface area contributed by atoms with E-state index in [1.807, 2.05) is 36.4 Å². The molecule has 0 heterocycles. The van der Waals surface area contributed by atoms with Crippen LogP contribution in [0.25, 0.3) is 0 Å². The number of benzene rings is 2. The van der Waals surface area contributed by atoms with Crippen LogP contribution in [0.15, 0.2) is 48.5 Å². The SMILES string of the molecule is COc1ccc(OCCNCc2cccc(O)c2)cc1. The van der Waals surface area contributed by atoms with Crippen molar-refractivity contribution >= 4 is 0 Å². The van der Waals surface area contributed by atoms with E-state index in [0.717, 1.165) is 23.6 Å². The van der Waals surface area contributed by atoms with E-state index in [2.05, 4.69) is 5.32 Å². The molecule has 106 valence electrons. The summed E-state index contributed by atoms with van der Waals surface area (Å²) in [5, 5.41) is 12.6. The molecule has 2 aromatic carbocycles. The third-order valence-corrected chi connectivity index (χ3v) is 2.85. The van der Waals surface area contributed by atoms with Gasteiger partial charge in [-0.3, -0.25) is 0 Å². The van der Waals surface area contributed by atoms with Gasteiger partial charge in [0.1, 0.15) is 23.9 Å². The minimum atomic E-state index is 0.291. The monoisotopic (exact) mass is 273 g/mol. The van der Waals surface area contributed by atoms with Crippen molar-refractivity contribution in [3.63, 3.8) is 0 Å². The first-order chi connectivity index (χ1) is 9.78. The van der Waals surface area contributed by atoms with Crippen molar-refractivity contribution in [1.29, 1.82) is 0 Å². The van der Waals surface area contributed by atoms with Crippen LogP contribution < -0.4 is 14.8 Å². The average Bonchev–Trinajstić information content (AvgIpc) is 2.48. The van der Waals surface area contributed by atoms with Gasteiger partial charge < -0.3 is 19.9 Å². The summed E-state index contributed by atoms with van der Waals surface area (Å²) in [6.07, 6.45) is 0. The number of ether oxygens (including phenoxy) is 2. The molecular weight excluding hydrogens is 254 g/mol. The van der Waals surface area contributed by atoms with E-state index in [4.69, 9.17) is 9.47 Å². The maximum absolute atomic E-state index is 9.34. The van der Waals surface area contributed by atoms with Gasteiger partial charge in [-0.25, -0.2) is 0 Å². The highest BCUT2D eigenvalue weighted by Gasteiger charge is 1.96. The average molecular weight is 273 g/mol. The van der Waals surface area contributed by atoms with Gasteiger partial charge in [0.05, 0.1) is 7.11 Å². The highest BCUT2D eigenvalue weighted by Crippen LogP contribution is 2.16. The van der Waals surface area contributed by atoms with E-state index in [-0.39, 0.29) is 0 Å². The Hall–Kier alpha value is -2.20. The summed E-state index contributed by atoms with van der Waals surface area (Å²) in [5.41, 5.74) is 1.05. The van der Waals surface area contributed by atoms with Gasteiger partial charge in [-0.15, -0.1) is 0 Å². The maximum atomic E-state index is 9.34. The fourth-order valence-electron chi connectivity index (χ4n) is 1.81. The Morgan fingerprint density at radius 3 is 2.50 bits per heavy atom. The van der Waals surface area contributed by atoms with E-state index < -0.39 is 0 Å². The number of aromatic hydroxyl groups is 1. The molecule has 0 saturated heterocycles. The van der Waals surface area contributed by atoms with Crippen LogP contribution in [-0.2, 0) is 6.54 Å². The molecule has 0 unspecified atom stereocenters. The minimum Gasteiger partial charge on any atom is -0.508 e. The normalized spacial score (nSPS) is 10.2. The van der Waals surface area contributed by atoms with Crippen molar-refractivity contribution in [3.8, 4) is 17.2 Å². The smallest absolute Gasteiger partial charge is 0.119 e. The van der Waals surface area contributed by atoms with Crippen molar-refractivity contribution in [1.82, 2.24) is 5.32 Å². The molecular formula is C16H19NO3. The lowest BCUT2D eigenvalue weighted by molar-refractivity contribution is 0.313. The van der Waals surface area contributed by atoms with E-state index >= 15 is 0 Å². The summed E-state index contributed by atoms with van der Waals surface area (Å²) in [6.45, 7) is 2.03. The third kappa shape index (κ3) is 4.48. The van der Waals surface area contributed by atoms with Gasteiger partial charge in [-0.05, 0) is 42.0 Å². The summed E-state index contributed by atoms with van der Waals surface area (Å²) in [5.74, 6) is 1.93. The molecule has 2 rings (SSSR count). The van der Waals surface area contributed by atoms with Gasteiger partial charge in [0.2, 0.25) is 0 Å². The van der Waals surface area contributed by atoms with E-state index in [9.17, 15) is 5.11 Å². The molecule has 0 bridgehead atoms. The fraction of sp³-hybridized carbons (Fsp3) is 0.250. The molecule has 0 spiro atoms. The molecule has 0 atom stereocenters. The molecule has 0 aliphatic heterocycles. The van der Waals surface area contributed by atoms with Crippen LogP contribution in [0.1, 0.15) is 5.56 Å². The molecule has 4 heteroatoms. The summed E-state index contributed by atoms with van der Waals surface area (Å²) in [7, 11) is 1.64. The van der Waals surface area contributed by atoms with Gasteiger partial charge in [0, 0.05) is 13.1 Å². The zero-order chi connectivity index (χ0) is 14.2. The Kier molecular flexibility index (Phi) is 5.26. The molecule has 0 saturated carbocycles. The summed E-state index contributed by atoms with van der Waals surface area (Å²) >= 11 is 0. The van der Waals surface area contributed by atoms with Crippen LogP contribution in [0.3, 0.4) is 0 Å². The van der Waals surface area contributed by atoms with Crippen LogP contribution in [0.2, 0.25) is 0 Å². The predicted octanol–water partition coefficient (Wildman–Crippen LogP) is 2.57. The van der Waals surface area contributed by atoms with Gasteiger partial charge in [-0.2, -0.15) is 0 Å². The van der Waals surface area contributed by atoms with Gasteiger partial charge in [0.15, 0.2) is 0 Å². The maximum Gasteiger partial charge on any atom is 0.119 e. The standard InChI is InChI=1S/C16H19NO3/c1-19-15-5-7-16(8-6-15)20-10-9-17-12-13-3-2-4-14(18)11-13/h2-8,11,17-18H,9-10,12H2,1H3. The molecule has 0 aromatic heterocycles. The van der Waals surface area contributed by atoms with E-state index in [1.54, 1.807) is 19.2 Å². The van der Waals surface area contributed by atoms with Crippen molar-refractivity contribution in [2.45, 2.75) is 6.54 Å². The predicted molar refractivity (Wildman–Crippen MR) is 78.3 cm³/mol. The number of methoxy groups -OCH3 is 1. The van der Waals surface area contributed by atoms with E-state index in [0.29, 0.717) is 18.9 Å². The molecule has 0 aliphatic rings. The van der Waals surface area contributed by atoms with Crippen molar-refractivity contribution in [2.24, 2.45) is 0 Å². The van der Waals surface area contributed by atoms with Crippen molar-refractivity contribution < 1.29 is 14.6 Å². The second-order valence-corrected chi connectivity index (χ2v) is 4.37. The number of phenols is 1. The third-order valence-electron chi connectivity index (χ3n) is 2.85. The number of phenolic OH excluding ortho intramolecular Hbond substituents is 1. The highest BCUT2D eigenvalue weighted by atomic mass is 16.5. The number of rotatable bonds is 7. The summed E-state index contributed by atoms with van der Waals surface area (Å²) < 4.78 is 10.7. The number of hydrogen-bond acceptors (Lipinski definition) is 4. The van der Waals surface area contributed by atoms with Crippen molar-refractivity contribution in [3.05, 3.63) is 54.1 Å². The molecule has 2 aromatic rings. The second kappa shape index (κ2) is 7.40. The molecule has 2 N–H and O–H groups in total. The Balaban J connectivity index is 1.66. The van der Waals surface area contributed by atoms with Gasteiger partial charge in [-0.1, -0.05) is 12.1 Å². The van der Waals surface area contributed by atoms with Crippen LogP contribution >= 0.6 is 0 Å². The first kappa shape index (κ1) is 14.2. The summed E-state index contributed by atoms with van der Waals surface area (Å²) in [6, 6.07) is 14.7. The number of hydrogen-bond donors (Lipinski definition) is 2. The molecule has 0 amide bonds. The van der Waals surface area contributed by atoms with Crippen molar-refractivity contribution in [2.75, 3.05) is 20.3 Å². The zero-order valence-corrected chi connectivity index (χ0v) is 11.5. The number of nitrogens with one attached hydrogen (secondary N) is 1. The molecule has 0 fully saturated rings. The fourth-order valence-corrected chi connectivity index (χ4v) is 1.81. The van der Waals surface area contributed by atoms with Crippen LogP contribution in [0.4, 0.5) is 0 Å². The minimum absolute atomic E-state index is 0.291. The van der Waals surface area contributed by atoms with Crippen LogP contribution in [-0.4, -0.2) is 25.4 Å². The van der Waals surface area contributed by atoms with Gasteiger partial charge in [0.25, 0.3) is 0 Å². The lowest BCUT2D eigenvalue weighted by Crippen LogP contribution is -2.20. The highest BCUT2D eigenvalue weighted by molar-refractivity contribution is 5.31. The molecule has 0 aliphatic carbocycles. The lowest BCUT2D eigenvalue weighted by atomic mass is 10.2. The van der Waals surface area contributed by atoms with Gasteiger partial charge >= 0.3 is 0 Å². The van der Waals surface area contributed by atoms with Crippen LogP contribution in [0, 0.1) is 0 Å². The quantitative estimate of drug-likeness (QED) is 0.761. The van der Waals surface area contributed by atoms with E-state index in [1.165, 1.54) is 0 Å². The molecule has 4 nitrogen and oxygen atoms in total. The first-order valence-corrected chi connectivity index (χ1v) is 6.53. The Morgan fingerprint density at radius 2 is 1.80 bits per heavy atom. The Labute approximate surface area is 119 Å². The molecule has 0 radical (unpaired) electrons. The zero-order valence-electron chi connectivity index (χ0n) is 11.5. The first-order valence-electron chi connectivity index (χ1n) is 6.53. The largest absolute Gasteiger partial charge is 0.508 e. The lowest BCUT2D eigenvalue weighted by Gasteiger charge is -2.08.